The standard InChI is InChI=1S/C11H16N2O4/c1-4-16-10-7-11(17-5-2)9(13(14)15)6-8(10)12-3/h6-7,12H,4-5H2,1-3H3. The molecule has 17 heavy (non-hydrogen) atoms. The normalized spacial score (nSPS) is 9.82. The molecule has 0 unspecified atom stereocenters. The van der Waals surface area contributed by atoms with E-state index in [0.29, 0.717) is 24.7 Å². The van der Waals surface area contributed by atoms with Crippen LogP contribution >= 0.6 is 0 Å². The quantitative estimate of drug-likeness (QED) is 0.610. The molecule has 94 valence electrons. The van der Waals surface area contributed by atoms with Gasteiger partial charge >= 0.3 is 5.69 Å². The van der Waals surface area contributed by atoms with Crippen molar-refractivity contribution >= 4 is 11.4 Å². The van der Waals surface area contributed by atoms with Gasteiger partial charge in [0, 0.05) is 19.2 Å². The number of nitrogens with one attached hydrogen (secondary N) is 1. The van der Waals surface area contributed by atoms with Crippen LogP contribution in [0.15, 0.2) is 12.1 Å². The Kier molecular flexibility index (Phi) is 4.56. The summed E-state index contributed by atoms with van der Waals surface area (Å²) >= 11 is 0. The van der Waals surface area contributed by atoms with E-state index in [1.807, 2.05) is 6.92 Å². The van der Waals surface area contributed by atoms with Gasteiger partial charge in [-0.1, -0.05) is 0 Å². The Hall–Kier alpha value is -1.98. The first-order valence-corrected chi connectivity index (χ1v) is 5.39. The third-order valence-electron chi connectivity index (χ3n) is 2.13. The Morgan fingerprint density at radius 1 is 1.24 bits per heavy atom. The molecule has 1 aromatic rings. The number of benzene rings is 1. The molecule has 0 saturated heterocycles. The minimum absolute atomic E-state index is 0.0698. The average Bonchev–Trinajstić information content (AvgIpc) is 2.30. The van der Waals surface area contributed by atoms with Crippen molar-refractivity contribution in [2.24, 2.45) is 0 Å². The second kappa shape index (κ2) is 5.93. The molecule has 0 aromatic heterocycles. The molecular formula is C11H16N2O4. The number of rotatable bonds is 6. The molecular weight excluding hydrogens is 224 g/mol. The number of hydrogen-bond donors (Lipinski definition) is 1. The van der Waals surface area contributed by atoms with Gasteiger partial charge in [-0.05, 0) is 13.8 Å². The maximum absolute atomic E-state index is 10.9. The van der Waals surface area contributed by atoms with E-state index in [0.717, 1.165) is 0 Å². The summed E-state index contributed by atoms with van der Waals surface area (Å²) in [6.07, 6.45) is 0. The van der Waals surface area contributed by atoms with Crippen molar-refractivity contribution in [3.63, 3.8) is 0 Å². The van der Waals surface area contributed by atoms with Crippen LogP contribution in [0.1, 0.15) is 13.8 Å². The van der Waals surface area contributed by atoms with Crippen LogP contribution in [-0.2, 0) is 0 Å². The Morgan fingerprint density at radius 2 is 1.82 bits per heavy atom. The molecule has 0 bridgehead atoms. The van der Waals surface area contributed by atoms with Crippen molar-refractivity contribution in [3.05, 3.63) is 22.2 Å². The molecule has 0 fully saturated rings. The smallest absolute Gasteiger partial charge is 0.313 e. The summed E-state index contributed by atoms with van der Waals surface area (Å²) in [6, 6.07) is 2.95. The van der Waals surface area contributed by atoms with E-state index in [1.54, 1.807) is 14.0 Å². The van der Waals surface area contributed by atoms with E-state index < -0.39 is 4.92 Å². The summed E-state index contributed by atoms with van der Waals surface area (Å²) < 4.78 is 10.6. The van der Waals surface area contributed by atoms with E-state index in [-0.39, 0.29) is 11.4 Å². The predicted molar refractivity (Wildman–Crippen MR) is 65.0 cm³/mol. The van der Waals surface area contributed by atoms with Crippen LogP contribution in [0.3, 0.4) is 0 Å². The second-order valence-corrected chi connectivity index (χ2v) is 3.19. The van der Waals surface area contributed by atoms with E-state index in [2.05, 4.69) is 5.32 Å². The van der Waals surface area contributed by atoms with Gasteiger partial charge in [-0.25, -0.2) is 0 Å². The zero-order valence-corrected chi connectivity index (χ0v) is 10.1. The lowest BCUT2D eigenvalue weighted by Gasteiger charge is -2.12. The molecule has 1 N–H and O–H groups in total. The third kappa shape index (κ3) is 2.99. The number of nitro groups is 1. The molecule has 0 aliphatic heterocycles. The lowest BCUT2D eigenvalue weighted by molar-refractivity contribution is -0.385. The van der Waals surface area contributed by atoms with Crippen molar-refractivity contribution in [2.75, 3.05) is 25.6 Å². The molecule has 0 saturated carbocycles. The summed E-state index contributed by atoms with van der Waals surface area (Å²) in [6.45, 7) is 4.47. The SMILES string of the molecule is CCOc1cc(OCC)c([N+](=O)[O-])cc1NC. The molecule has 0 aliphatic carbocycles. The Balaban J connectivity index is 3.25. The molecule has 1 aromatic carbocycles. The van der Waals surface area contributed by atoms with Crippen molar-refractivity contribution in [1.82, 2.24) is 0 Å². The highest BCUT2D eigenvalue weighted by atomic mass is 16.6. The Bertz CT molecular complexity index is 407. The van der Waals surface area contributed by atoms with Gasteiger partial charge in [-0.2, -0.15) is 0 Å². The summed E-state index contributed by atoms with van der Waals surface area (Å²) in [5.74, 6) is 0.768. The minimum Gasteiger partial charge on any atom is -0.492 e. The molecule has 0 aliphatic rings. The average molecular weight is 240 g/mol. The van der Waals surface area contributed by atoms with Crippen molar-refractivity contribution in [1.29, 1.82) is 0 Å². The molecule has 0 heterocycles. The maximum atomic E-state index is 10.9. The highest BCUT2D eigenvalue weighted by molar-refractivity contribution is 5.66. The fourth-order valence-corrected chi connectivity index (χ4v) is 1.43. The molecule has 0 amide bonds. The third-order valence-corrected chi connectivity index (χ3v) is 2.13. The highest BCUT2D eigenvalue weighted by Crippen LogP contribution is 2.37. The van der Waals surface area contributed by atoms with Crippen molar-refractivity contribution < 1.29 is 14.4 Å². The molecule has 6 heteroatoms. The van der Waals surface area contributed by atoms with Crippen molar-refractivity contribution in [3.8, 4) is 11.5 Å². The van der Waals surface area contributed by atoms with Crippen LogP contribution in [0.4, 0.5) is 11.4 Å². The van der Waals surface area contributed by atoms with Crippen LogP contribution in [-0.4, -0.2) is 25.2 Å². The fraction of sp³-hybridized carbons (Fsp3) is 0.455. The molecule has 0 spiro atoms. The molecule has 1 rings (SSSR count). The van der Waals surface area contributed by atoms with Gasteiger partial charge in [-0.15, -0.1) is 0 Å². The topological polar surface area (TPSA) is 73.6 Å². The summed E-state index contributed by atoms with van der Waals surface area (Å²) in [5.41, 5.74) is 0.502. The number of nitrogens with zero attached hydrogens (tertiary/aromatic N) is 1. The Labute approximate surface area is 99.7 Å². The van der Waals surface area contributed by atoms with Crippen LogP contribution in [0, 0.1) is 10.1 Å². The van der Waals surface area contributed by atoms with Crippen molar-refractivity contribution in [2.45, 2.75) is 13.8 Å². The lowest BCUT2D eigenvalue weighted by atomic mass is 10.2. The largest absolute Gasteiger partial charge is 0.492 e. The van der Waals surface area contributed by atoms with Gasteiger partial charge < -0.3 is 14.8 Å². The number of ether oxygens (including phenoxy) is 2. The predicted octanol–water partition coefficient (Wildman–Crippen LogP) is 2.43. The van der Waals surface area contributed by atoms with E-state index in [1.165, 1.54) is 12.1 Å². The summed E-state index contributed by atoms with van der Waals surface area (Å²) in [4.78, 5) is 10.4. The van der Waals surface area contributed by atoms with Crippen LogP contribution in [0.5, 0.6) is 11.5 Å². The van der Waals surface area contributed by atoms with Gasteiger partial charge in [0.05, 0.1) is 23.8 Å². The van der Waals surface area contributed by atoms with Crippen LogP contribution in [0.25, 0.3) is 0 Å². The molecule has 0 atom stereocenters. The Morgan fingerprint density at radius 3 is 2.29 bits per heavy atom. The van der Waals surface area contributed by atoms with E-state index in [9.17, 15) is 10.1 Å². The molecule has 6 nitrogen and oxygen atoms in total. The number of nitro benzene ring substituents is 1. The van der Waals surface area contributed by atoms with Gasteiger partial charge in [0.15, 0.2) is 0 Å². The summed E-state index contributed by atoms with van der Waals surface area (Å²) in [5, 5.41) is 13.8. The summed E-state index contributed by atoms with van der Waals surface area (Å²) in [7, 11) is 1.68. The first kappa shape index (κ1) is 13.1. The molecule has 0 radical (unpaired) electrons. The van der Waals surface area contributed by atoms with Gasteiger partial charge in [0.1, 0.15) is 5.75 Å². The second-order valence-electron chi connectivity index (χ2n) is 3.19. The van der Waals surface area contributed by atoms with Gasteiger partial charge in [0.2, 0.25) is 5.75 Å². The first-order chi connectivity index (χ1) is 8.13. The highest BCUT2D eigenvalue weighted by Gasteiger charge is 2.19. The van der Waals surface area contributed by atoms with Gasteiger partial charge in [-0.3, -0.25) is 10.1 Å². The fourth-order valence-electron chi connectivity index (χ4n) is 1.43. The minimum atomic E-state index is -0.471. The van der Waals surface area contributed by atoms with Crippen LogP contribution in [0.2, 0.25) is 0 Å². The monoisotopic (exact) mass is 240 g/mol. The zero-order chi connectivity index (χ0) is 12.8. The van der Waals surface area contributed by atoms with E-state index in [4.69, 9.17) is 9.47 Å². The lowest BCUT2D eigenvalue weighted by Crippen LogP contribution is -2.02. The first-order valence-electron chi connectivity index (χ1n) is 5.39. The maximum Gasteiger partial charge on any atom is 0.313 e. The number of anilines is 1. The van der Waals surface area contributed by atoms with Crippen LogP contribution < -0.4 is 14.8 Å². The zero-order valence-electron chi connectivity index (χ0n) is 10.1. The van der Waals surface area contributed by atoms with Gasteiger partial charge in [0.25, 0.3) is 0 Å². The van der Waals surface area contributed by atoms with E-state index >= 15 is 0 Å². The number of hydrogen-bond acceptors (Lipinski definition) is 5.